The first-order chi connectivity index (χ1) is 9.36. The predicted molar refractivity (Wildman–Crippen MR) is 88.4 cm³/mol. The zero-order chi connectivity index (χ0) is 16.0. The Hall–Kier alpha value is -0.574. The van der Waals surface area contributed by atoms with E-state index in [1.807, 2.05) is 0 Å². The van der Waals surface area contributed by atoms with Crippen LogP contribution in [0.1, 0.15) is 38.5 Å². The molecule has 2 atom stereocenters. The van der Waals surface area contributed by atoms with Crippen molar-refractivity contribution in [2.75, 3.05) is 13.1 Å². The molecule has 14 N–H and O–H groups in total. The summed E-state index contributed by atoms with van der Waals surface area (Å²) in [5.41, 5.74) is 20.7. The topological polar surface area (TPSA) is 279 Å². The van der Waals surface area contributed by atoms with Crippen molar-refractivity contribution in [3.8, 4) is 0 Å². The van der Waals surface area contributed by atoms with Gasteiger partial charge < -0.3 is 59.2 Å². The third-order valence-corrected chi connectivity index (χ3v) is 2.54. The van der Waals surface area contributed by atoms with Crippen molar-refractivity contribution in [3.05, 3.63) is 0 Å². The van der Waals surface area contributed by atoms with E-state index in [0.717, 1.165) is 25.7 Å². The van der Waals surface area contributed by atoms with Crippen molar-refractivity contribution >= 4 is 35.0 Å². The molecule has 0 aromatic rings. The zero-order valence-electron chi connectivity index (χ0n) is 14.0. The first-order valence-corrected chi connectivity index (χ1v) is 6.69. The molecule has 0 aliphatic rings. The molecule has 11 nitrogen and oxygen atoms in total. The SMILES string of the molecule is NCCCC[C@H](N)C(=O)[O-].NCCCC[C@H](N)C(=O)[O-].O.O.O.[Mg+2]. The average molecular weight is 369 g/mol. The van der Waals surface area contributed by atoms with Crippen LogP contribution in [-0.2, 0) is 9.59 Å². The number of carbonyl (C=O) groups excluding carboxylic acids is 2. The van der Waals surface area contributed by atoms with Crippen LogP contribution in [0.5, 0.6) is 0 Å². The molecule has 0 amide bonds. The minimum atomic E-state index is -1.18. The van der Waals surface area contributed by atoms with Gasteiger partial charge in [-0.1, -0.05) is 12.8 Å². The zero-order valence-corrected chi connectivity index (χ0v) is 15.4. The maximum absolute atomic E-state index is 10.0. The fourth-order valence-electron chi connectivity index (χ4n) is 1.25. The van der Waals surface area contributed by atoms with Crippen LogP contribution in [-0.4, -0.2) is 76.6 Å². The van der Waals surface area contributed by atoms with Crippen LogP contribution in [0, 0.1) is 0 Å². The number of aliphatic carboxylic acids is 2. The summed E-state index contributed by atoms with van der Waals surface area (Å²) in [6.45, 7) is 1.17. The molecule has 0 aliphatic heterocycles. The van der Waals surface area contributed by atoms with E-state index in [-0.39, 0.29) is 39.5 Å². The molecule has 0 aliphatic carbocycles. The molecule has 0 fully saturated rings. The molecule has 12 heteroatoms. The molecule has 0 unspecified atom stereocenters. The number of carboxylic acid groups (broad SMARTS) is 2. The van der Waals surface area contributed by atoms with Crippen LogP contribution in [0.4, 0.5) is 0 Å². The second kappa shape index (κ2) is 27.3. The minimum Gasteiger partial charge on any atom is -0.548 e. The average Bonchev–Trinajstić information content (AvgIpc) is 2.39. The standard InChI is InChI=1S/2C6H14N2O2.Mg.3H2O/c2*7-4-2-1-3-5(8)6(9)10;;;;/h2*5H,1-4,7-8H2,(H,9,10);;3*1H2/q;;+2;;;/p-2/t2*5-;;;;/m00..../s1. The van der Waals surface area contributed by atoms with Crippen LogP contribution in [0.2, 0.25) is 0 Å². The van der Waals surface area contributed by atoms with Gasteiger partial charge in [-0.3, -0.25) is 0 Å². The Bertz CT molecular complexity index is 250. The van der Waals surface area contributed by atoms with Gasteiger partial charge in [0, 0.05) is 12.1 Å². The maximum Gasteiger partial charge on any atom is 2.00 e. The Morgan fingerprint density at radius 1 is 0.708 bits per heavy atom. The van der Waals surface area contributed by atoms with E-state index in [4.69, 9.17) is 22.9 Å². The van der Waals surface area contributed by atoms with E-state index in [9.17, 15) is 19.8 Å². The quantitative estimate of drug-likeness (QED) is 0.212. The summed E-state index contributed by atoms with van der Waals surface area (Å²) < 4.78 is 0. The fraction of sp³-hybridized carbons (Fsp3) is 0.833. The van der Waals surface area contributed by atoms with Crippen LogP contribution < -0.4 is 33.1 Å². The molecule has 144 valence electrons. The number of nitrogens with two attached hydrogens (primary N) is 4. The first kappa shape index (κ1) is 38.8. The number of carbonyl (C=O) groups is 2. The Kier molecular flexibility index (Phi) is 44.1. The second-order valence-corrected chi connectivity index (χ2v) is 4.42. The van der Waals surface area contributed by atoms with E-state index in [0.29, 0.717) is 25.9 Å². The Morgan fingerprint density at radius 2 is 0.958 bits per heavy atom. The molecule has 0 heterocycles. The van der Waals surface area contributed by atoms with Crippen molar-refractivity contribution in [1.82, 2.24) is 0 Å². The summed E-state index contributed by atoms with van der Waals surface area (Å²) in [6.07, 6.45) is 4.07. The molecule has 24 heavy (non-hydrogen) atoms. The van der Waals surface area contributed by atoms with Gasteiger partial charge >= 0.3 is 23.1 Å². The summed E-state index contributed by atoms with van der Waals surface area (Å²) in [4.78, 5) is 20.1. The molecule has 0 aromatic carbocycles. The Balaban J connectivity index is -0.0000000579. The van der Waals surface area contributed by atoms with Crippen molar-refractivity contribution in [2.24, 2.45) is 22.9 Å². The largest absolute Gasteiger partial charge is 2.00 e. The van der Waals surface area contributed by atoms with Gasteiger partial charge in [0.05, 0.1) is 11.9 Å². The Morgan fingerprint density at radius 3 is 1.12 bits per heavy atom. The predicted octanol–water partition coefficient (Wildman–Crippen LogP) is -6.47. The van der Waals surface area contributed by atoms with E-state index in [2.05, 4.69) is 0 Å². The molecule has 0 rings (SSSR count). The summed E-state index contributed by atoms with van der Waals surface area (Å²) in [5.74, 6) is -2.37. The third-order valence-electron chi connectivity index (χ3n) is 2.54. The fourth-order valence-corrected chi connectivity index (χ4v) is 1.25. The summed E-state index contributed by atoms with van der Waals surface area (Å²) in [5, 5.41) is 20.1. The third kappa shape index (κ3) is 29.4. The molecular formula is C12H32MgN4O7. The normalized spacial score (nSPS) is 10.8. The van der Waals surface area contributed by atoms with Crippen molar-refractivity contribution in [3.63, 3.8) is 0 Å². The van der Waals surface area contributed by atoms with Crippen molar-refractivity contribution in [1.29, 1.82) is 0 Å². The molecule has 0 bridgehead atoms. The van der Waals surface area contributed by atoms with Gasteiger partial charge in [-0.2, -0.15) is 0 Å². The van der Waals surface area contributed by atoms with Crippen molar-refractivity contribution in [2.45, 2.75) is 50.6 Å². The number of rotatable bonds is 10. The second-order valence-electron chi connectivity index (χ2n) is 4.42. The first-order valence-electron chi connectivity index (χ1n) is 6.69. The monoisotopic (exact) mass is 368 g/mol. The van der Waals surface area contributed by atoms with E-state index in [1.54, 1.807) is 0 Å². The number of carboxylic acids is 2. The number of unbranched alkanes of at least 4 members (excludes halogenated alkanes) is 2. The van der Waals surface area contributed by atoms with Gasteiger partial charge in [-0.15, -0.1) is 0 Å². The van der Waals surface area contributed by atoms with Gasteiger partial charge in [0.25, 0.3) is 0 Å². The van der Waals surface area contributed by atoms with E-state index < -0.39 is 24.0 Å². The molecule has 0 radical (unpaired) electrons. The van der Waals surface area contributed by atoms with Gasteiger partial charge in [0.1, 0.15) is 0 Å². The molecule has 0 saturated heterocycles. The molecule has 0 spiro atoms. The maximum atomic E-state index is 10.0. The number of hydrogen-bond donors (Lipinski definition) is 4. The van der Waals surface area contributed by atoms with Crippen LogP contribution in [0.25, 0.3) is 0 Å². The van der Waals surface area contributed by atoms with Gasteiger partial charge in [-0.25, -0.2) is 0 Å². The minimum absolute atomic E-state index is 0. The number of hydrogen-bond acceptors (Lipinski definition) is 8. The van der Waals surface area contributed by atoms with Crippen molar-refractivity contribution < 1.29 is 36.2 Å². The van der Waals surface area contributed by atoms with Gasteiger partial charge in [-0.05, 0) is 38.8 Å². The summed E-state index contributed by atoms with van der Waals surface area (Å²) in [7, 11) is 0. The summed E-state index contributed by atoms with van der Waals surface area (Å²) >= 11 is 0. The van der Waals surface area contributed by atoms with E-state index in [1.165, 1.54) is 0 Å². The molecule has 0 saturated carbocycles. The van der Waals surface area contributed by atoms with Crippen LogP contribution in [0.3, 0.4) is 0 Å². The van der Waals surface area contributed by atoms with E-state index >= 15 is 0 Å². The van der Waals surface area contributed by atoms with Gasteiger partial charge in [0.15, 0.2) is 0 Å². The van der Waals surface area contributed by atoms with Gasteiger partial charge in [0.2, 0.25) is 0 Å². The molecule has 0 aromatic heterocycles. The Labute approximate surface area is 158 Å². The van der Waals surface area contributed by atoms with Crippen LogP contribution in [0.15, 0.2) is 0 Å². The summed E-state index contributed by atoms with van der Waals surface area (Å²) in [6, 6.07) is -1.65. The molecular weight excluding hydrogens is 336 g/mol. The smallest absolute Gasteiger partial charge is 0.548 e. The van der Waals surface area contributed by atoms with Crippen LogP contribution >= 0.6 is 0 Å².